The maximum absolute atomic E-state index is 12.9. The Hall–Kier alpha value is -2.65. The van der Waals surface area contributed by atoms with Crippen LogP contribution in [0.15, 0.2) is 48.5 Å². The number of nitrogens with zero attached hydrogens (tertiary/aromatic N) is 1. The van der Waals surface area contributed by atoms with Gasteiger partial charge in [0.1, 0.15) is 0 Å². The number of hydrogen-bond donors (Lipinski definition) is 3. The molecular formula is C22H29ClN4O4. The van der Waals surface area contributed by atoms with Crippen LogP contribution >= 0.6 is 11.6 Å². The van der Waals surface area contributed by atoms with Crippen molar-refractivity contribution in [1.29, 1.82) is 0 Å². The molecule has 0 aliphatic carbocycles. The molecule has 0 saturated heterocycles. The van der Waals surface area contributed by atoms with E-state index in [0.717, 1.165) is 5.56 Å². The Balaban J connectivity index is 2.06. The average Bonchev–Trinajstić information content (AvgIpc) is 2.78. The highest BCUT2D eigenvalue weighted by Crippen LogP contribution is 2.17. The topological polar surface area (TPSA) is 106 Å². The van der Waals surface area contributed by atoms with Crippen LogP contribution in [0.4, 0.5) is 16.2 Å². The van der Waals surface area contributed by atoms with Gasteiger partial charge in [-0.1, -0.05) is 23.7 Å². The fourth-order valence-electron chi connectivity index (χ4n) is 2.78. The molecule has 0 spiro atoms. The van der Waals surface area contributed by atoms with Gasteiger partial charge < -0.3 is 25.8 Å². The van der Waals surface area contributed by atoms with Crippen molar-refractivity contribution in [2.45, 2.75) is 26.7 Å². The highest BCUT2D eigenvalue weighted by Gasteiger charge is 2.22. The monoisotopic (exact) mass is 448 g/mol. The first-order valence-corrected chi connectivity index (χ1v) is 10.5. The van der Waals surface area contributed by atoms with Crippen LogP contribution < -0.4 is 21.3 Å². The summed E-state index contributed by atoms with van der Waals surface area (Å²) in [6, 6.07) is 13.5. The molecule has 0 heterocycles. The van der Waals surface area contributed by atoms with E-state index in [-0.39, 0.29) is 19.0 Å². The average molecular weight is 449 g/mol. The SMILES string of the molecule is CCOC(CN(C(=O)NCC(=O)Nc1ccc(Cl)cc1)c1ccc(CN)cc1)OCC. The summed E-state index contributed by atoms with van der Waals surface area (Å²) in [5.74, 6) is -0.361. The summed E-state index contributed by atoms with van der Waals surface area (Å²) in [6.45, 7) is 4.95. The molecule has 0 aliphatic rings. The molecule has 2 rings (SSSR count). The lowest BCUT2D eigenvalue weighted by Gasteiger charge is -2.27. The summed E-state index contributed by atoms with van der Waals surface area (Å²) in [4.78, 5) is 26.6. The van der Waals surface area contributed by atoms with Gasteiger partial charge in [-0.25, -0.2) is 4.79 Å². The number of ether oxygens (including phenoxy) is 2. The van der Waals surface area contributed by atoms with Gasteiger partial charge in [-0.05, 0) is 55.8 Å². The summed E-state index contributed by atoms with van der Waals surface area (Å²) in [6.07, 6.45) is -0.599. The number of halogens is 1. The first kappa shape index (κ1) is 24.6. The number of nitrogens with two attached hydrogens (primary N) is 1. The highest BCUT2D eigenvalue weighted by molar-refractivity contribution is 6.30. The maximum atomic E-state index is 12.9. The maximum Gasteiger partial charge on any atom is 0.322 e. The predicted octanol–water partition coefficient (Wildman–Crippen LogP) is 3.35. The lowest BCUT2D eigenvalue weighted by atomic mass is 10.2. The number of benzene rings is 2. The Kier molecular flexibility index (Phi) is 10.3. The highest BCUT2D eigenvalue weighted by atomic mass is 35.5. The molecule has 0 radical (unpaired) electrons. The summed E-state index contributed by atoms with van der Waals surface area (Å²) in [7, 11) is 0. The molecule has 3 amide bonds. The Labute approximate surface area is 187 Å². The third-order valence-electron chi connectivity index (χ3n) is 4.29. The number of rotatable bonds is 11. The zero-order chi connectivity index (χ0) is 22.6. The molecule has 31 heavy (non-hydrogen) atoms. The molecular weight excluding hydrogens is 420 g/mol. The third kappa shape index (κ3) is 8.18. The number of nitrogens with one attached hydrogen (secondary N) is 2. The summed E-state index contributed by atoms with van der Waals surface area (Å²) < 4.78 is 11.2. The normalized spacial score (nSPS) is 10.7. The van der Waals surface area contributed by atoms with Crippen LogP contribution in [0.25, 0.3) is 0 Å². The standard InChI is InChI=1S/C22H29ClN4O4/c1-3-30-21(31-4-2)15-27(19-11-5-16(13-24)6-12-19)22(29)25-14-20(28)26-18-9-7-17(23)8-10-18/h5-12,21H,3-4,13-15,24H2,1-2H3,(H,25,29)(H,26,28). The molecule has 0 aliphatic heterocycles. The molecule has 0 bridgehead atoms. The zero-order valence-corrected chi connectivity index (χ0v) is 18.5. The molecule has 8 nitrogen and oxygen atoms in total. The molecule has 4 N–H and O–H groups in total. The zero-order valence-electron chi connectivity index (χ0n) is 17.8. The van der Waals surface area contributed by atoms with E-state index >= 15 is 0 Å². The van der Waals surface area contributed by atoms with Gasteiger partial charge in [-0.15, -0.1) is 0 Å². The summed E-state index contributed by atoms with van der Waals surface area (Å²) >= 11 is 5.85. The van der Waals surface area contributed by atoms with Crippen LogP contribution in [0, 0.1) is 0 Å². The van der Waals surface area contributed by atoms with Crippen LogP contribution in [0.1, 0.15) is 19.4 Å². The van der Waals surface area contributed by atoms with Crippen LogP contribution in [-0.4, -0.2) is 44.5 Å². The first-order chi connectivity index (χ1) is 15.0. The minimum atomic E-state index is -0.599. The molecule has 168 valence electrons. The van der Waals surface area contributed by atoms with E-state index in [1.165, 1.54) is 4.90 Å². The Morgan fingerprint density at radius 2 is 1.65 bits per heavy atom. The van der Waals surface area contributed by atoms with Gasteiger partial charge in [0.15, 0.2) is 6.29 Å². The van der Waals surface area contributed by atoms with Gasteiger partial charge in [0.05, 0.1) is 13.1 Å². The van der Waals surface area contributed by atoms with Crippen molar-refractivity contribution in [2.75, 3.05) is 36.5 Å². The van der Waals surface area contributed by atoms with Gasteiger partial charge in [-0.3, -0.25) is 9.69 Å². The number of urea groups is 1. The van der Waals surface area contributed by atoms with Gasteiger partial charge in [0.2, 0.25) is 5.91 Å². The lowest BCUT2D eigenvalue weighted by Crippen LogP contribution is -2.47. The summed E-state index contributed by atoms with van der Waals surface area (Å²) in [5, 5.41) is 5.92. The van der Waals surface area contributed by atoms with Crippen LogP contribution in [0.3, 0.4) is 0 Å². The molecule has 0 unspecified atom stereocenters. The second-order valence-corrected chi connectivity index (χ2v) is 6.97. The molecule has 2 aromatic carbocycles. The number of amides is 3. The molecule has 0 saturated carbocycles. The van der Waals surface area contributed by atoms with Crippen molar-refractivity contribution < 1.29 is 19.1 Å². The minimum absolute atomic E-state index is 0.161. The fraction of sp³-hybridized carbons (Fsp3) is 0.364. The third-order valence-corrected chi connectivity index (χ3v) is 4.55. The second kappa shape index (κ2) is 12.9. The number of anilines is 2. The van der Waals surface area contributed by atoms with Gasteiger partial charge in [-0.2, -0.15) is 0 Å². The molecule has 0 fully saturated rings. The van der Waals surface area contributed by atoms with Crippen molar-refractivity contribution in [3.05, 3.63) is 59.1 Å². The first-order valence-electron chi connectivity index (χ1n) is 10.1. The van der Waals surface area contributed by atoms with E-state index in [4.69, 9.17) is 26.8 Å². The minimum Gasteiger partial charge on any atom is -0.351 e. The number of carbonyl (C=O) groups is 2. The van der Waals surface area contributed by atoms with Crippen molar-refractivity contribution in [3.8, 4) is 0 Å². The van der Waals surface area contributed by atoms with E-state index in [9.17, 15) is 9.59 Å². The van der Waals surface area contributed by atoms with Crippen LogP contribution in [0.5, 0.6) is 0 Å². The van der Waals surface area contributed by atoms with Gasteiger partial charge in [0, 0.05) is 36.2 Å². The Morgan fingerprint density at radius 3 is 2.19 bits per heavy atom. The van der Waals surface area contributed by atoms with Crippen LogP contribution in [0.2, 0.25) is 5.02 Å². The van der Waals surface area contributed by atoms with Gasteiger partial charge in [0.25, 0.3) is 0 Å². The van der Waals surface area contributed by atoms with Gasteiger partial charge >= 0.3 is 6.03 Å². The number of hydrogen-bond acceptors (Lipinski definition) is 5. The molecule has 0 atom stereocenters. The van der Waals surface area contributed by atoms with Crippen LogP contribution in [-0.2, 0) is 20.8 Å². The lowest BCUT2D eigenvalue weighted by molar-refractivity contribution is -0.128. The largest absolute Gasteiger partial charge is 0.351 e. The summed E-state index contributed by atoms with van der Waals surface area (Å²) in [5.41, 5.74) is 7.83. The number of carbonyl (C=O) groups excluding carboxylic acids is 2. The predicted molar refractivity (Wildman–Crippen MR) is 122 cm³/mol. The van der Waals surface area contributed by atoms with E-state index in [1.54, 1.807) is 36.4 Å². The molecule has 9 heteroatoms. The van der Waals surface area contributed by atoms with Crippen molar-refractivity contribution in [1.82, 2.24) is 5.32 Å². The fourth-order valence-corrected chi connectivity index (χ4v) is 2.91. The van der Waals surface area contributed by atoms with Crippen molar-refractivity contribution in [2.24, 2.45) is 5.73 Å². The second-order valence-electron chi connectivity index (χ2n) is 6.54. The molecule has 2 aromatic rings. The Bertz CT molecular complexity index is 824. The van der Waals surface area contributed by atoms with E-state index in [2.05, 4.69) is 10.6 Å². The van der Waals surface area contributed by atoms with E-state index in [0.29, 0.717) is 36.2 Å². The van der Waals surface area contributed by atoms with E-state index < -0.39 is 12.3 Å². The van der Waals surface area contributed by atoms with E-state index in [1.807, 2.05) is 26.0 Å². The van der Waals surface area contributed by atoms with Crippen molar-refractivity contribution >= 4 is 34.9 Å². The van der Waals surface area contributed by atoms with Crippen molar-refractivity contribution in [3.63, 3.8) is 0 Å². The quantitative estimate of drug-likeness (QED) is 0.457. The smallest absolute Gasteiger partial charge is 0.322 e. The molecule has 0 aromatic heterocycles. The Morgan fingerprint density at radius 1 is 1.03 bits per heavy atom.